The molecule has 2 aromatic carbocycles. The van der Waals surface area contributed by atoms with Crippen molar-refractivity contribution in [3.8, 4) is 0 Å². The lowest BCUT2D eigenvalue weighted by Gasteiger charge is -2.00. The highest BCUT2D eigenvalue weighted by atomic mass is 19.1. The van der Waals surface area contributed by atoms with E-state index in [4.69, 9.17) is 0 Å². The Morgan fingerprint density at radius 3 is 2.78 bits per heavy atom. The quantitative estimate of drug-likeness (QED) is 0.712. The Bertz CT molecular complexity index is 821. The number of carbonyl (C=O) groups excluding carboxylic acids is 1. The molecule has 4 nitrogen and oxygen atoms in total. The number of aromatic nitrogens is 2. The summed E-state index contributed by atoms with van der Waals surface area (Å²) in [5.74, 6) is 0.216. The maximum Gasteiger partial charge on any atom is 0.244 e. The summed E-state index contributed by atoms with van der Waals surface area (Å²) in [5.41, 5.74) is 2.28. The number of benzene rings is 2. The molecule has 0 aliphatic heterocycles. The van der Waals surface area contributed by atoms with Crippen LogP contribution >= 0.6 is 0 Å². The van der Waals surface area contributed by atoms with Gasteiger partial charge in [0, 0.05) is 24.6 Å². The fourth-order valence-electron chi connectivity index (χ4n) is 2.26. The zero-order valence-electron chi connectivity index (χ0n) is 12.4. The molecule has 3 rings (SSSR count). The van der Waals surface area contributed by atoms with Gasteiger partial charge in [-0.2, -0.15) is 0 Å². The number of fused-ring (bicyclic) bond motifs is 1. The molecule has 0 aliphatic rings. The van der Waals surface area contributed by atoms with E-state index in [1.54, 1.807) is 18.2 Å². The molecular formula is C18H16FN3O. The Kier molecular flexibility index (Phi) is 4.47. The number of amides is 1. The maximum absolute atomic E-state index is 13.4. The van der Waals surface area contributed by atoms with Crippen molar-refractivity contribution in [1.29, 1.82) is 0 Å². The van der Waals surface area contributed by atoms with Gasteiger partial charge in [0.2, 0.25) is 5.91 Å². The van der Waals surface area contributed by atoms with E-state index in [-0.39, 0.29) is 11.7 Å². The van der Waals surface area contributed by atoms with Crippen LogP contribution in [-0.4, -0.2) is 22.4 Å². The van der Waals surface area contributed by atoms with Crippen molar-refractivity contribution in [2.75, 3.05) is 6.54 Å². The van der Waals surface area contributed by atoms with E-state index >= 15 is 0 Å². The summed E-state index contributed by atoms with van der Waals surface area (Å²) in [6, 6.07) is 14.1. The molecule has 2 N–H and O–H groups in total. The van der Waals surface area contributed by atoms with Gasteiger partial charge in [0.15, 0.2) is 0 Å². The van der Waals surface area contributed by atoms with E-state index in [1.165, 1.54) is 18.2 Å². The summed E-state index contributed by atoms with van der Waals surface area (Å²) in [5, 5.41) is 2.76. The topological polar surface area (TPSA) is 57.8 Å². The van der Waals surface area contributed by atoms with Crippen molar-refractivity contribution in [3.63, 3.8) is 0 Å². The third-order valence-corrected chi connectivity index (χ3v) is 3.42. The molecule has 5 heteroatoms. The van der Waals surface area contributed by atoms with Crippen LogP contribution in [0.1, 0.15) is 11.4 Å². The monoisotopic (exact) mass is 309 g/mol. The first kappa shape index (κ1) is 15.0. The predicted molar refractivity (Wildman–Crippen MR) is 88.2 cm³/mol. The van der Waals surface area contributed by atoms with Gasteiger partial charge in [-0.05, 0) is 24.3 Å². The first-order valence-corrected chi connectivity index (χ1v) is 7.36. The Labute approximate surface area is 133 Å². The second-order valence-corrected chi connectivity index (χ2v) is 5.10. The minimum absolute atomic E-state index is 0.260. The summed E-state index contributed by atoms with van der Waals surface area (Å²) in [7, 11) is 0. The molecule has 1 aromatic heterocycles. The summed E-state index contributed by atoms with van der Waals surface area (Å²) < 4.78 is 13.4. The standard InChI is InChI=1S/C18H16FN3O/c19-14-6-2-1-5-13(14)9-10-18(23)20-12-11-17-21-15-7-3-4-8-16(15)22-17/h1-10H,11-12H2,(H,20,23)(H,21,22)/b10-9+. The Hall–Kier alpha value is -2.95. The summed E-state index contributed by atoms with van der Waals surface area (Å²) in [6.45, 7) is 0.459. The van der Waals surface area contributed by atoms with Crippen molar-refractivity contribution in [2.24, 2.45) is 0 Å². The summed E-state index contributed by atoms with van der Waals surface area (Å²) >= 11 is 0. The Balaban J connectivity index is 1.52. The number of imidazole rings is 1. The number of para-hydroxylation sites is 2. The molecular weight excluding hydrogens is 293 g/mol. The summed E-state index contributed by atoms with van der Waals surface area (Å²) in [6.07, 6.45) is 3.40. The van der Waals surface area contributed by atoms with Crippen LogP contribution in [0, 0.1) is 5.82 Å². The number of carbonyl (C=O) groups is 1. The van der Waals surface area contributed by atoms with E-state index < -0.39 is 0 Å². The van der Waals surface area contributed by atoms with Crippen molar-refractivity contribution in [2.45, 2.75) is 6.42 Å². The molecule has 3 aromatic rings. The van der Waals surface area contributed by atoms with Crippen LogP contribution in [0.25, 0.3) is 17.1 Å². The van der Waals surface area contributed by atoms with E-state index in [2.05, 4.69) is 15.3 Å². The van der Waals surface area contributed by atoms with E-state index in [1.807, 2.05) is 24.3 Å². The highest BCUT2D eigenvalue weighted by Gasteiger charge is 2.03. The minimum atomic E-state index is -0.348. The van der Waals surface area contributed by atoms with Crippen LogP contribution in [0.4, 0.5) is 4.39 Å². The lowest BCUT2D eigenvalue weighted by Crippen LogP contribution is -2.23. The van der Waals surface area contributed by atoms with Crippen LogP contribution in [0.2, 0.25) is 0 Å². The lowest BCUT2D eigenvalue weighted by atomic mass is 10.2. The number of aromatic amines is 1. The number of hydrogen-bond acceptors (Lipinski definition) is 2. The van der Waals surface area contributed by atoms with Gasteiger partial charge in [-0.25, -0.2) is 9.37 Å². The van der Waals surface area contributed by atoms with E-state index in [0.29, 0.717) is 18.5 Å². The van der Waals surface area contributed by atoms with Gasteiger partial charge in [0.05, 0.1) is 11.0 Å². The molecule has 0 spiro atoms. The predicted octanol–water partition coefficient (Wildman–Crippen LogP) is 3.07. The molecule has 0 aliphatic carbocycles. The van der Waals surface area contributed by atoms with Crippen molar-refractivity contribution in [1.82, 2.24) is 15.3 Å². The zero-order chi connectivity index (χ0) is 16.1. The first-order chi connectivity index (χ1) is 11.2. The van der Waals surface area contributed by atoms with Gasteiger partial charge < -0.3 is 10.3 Å². The number of hydrogen-bond donors (Lipinski definition) is 2. The molecule has 23 heavy (non-hydrogen) atoms. The number of halogens is 1. The largest absolute Gasteiger partial charge is 0.352 e. The molecule has 0 saturated carbocycles. The van der Waals surface area contributed by atoms with Crippen LogP contribution < -0.4 is 5.32 Å². The van der Waals surface area contributed by atoms with Gasteiger partial charge in [-0.3, -0.25) is 4.79 Å². The highest BCUT2D eigenvalue weighted by Crippen LogP contribution is 2.10. The molecule has 0 unspecified atom stereocenters. The molecule has 1 heterocycles. The highest BCUT2D eigenvalue weighted by molar-refractivity contribution is 5.91. The third-order valence-electron chi connectivity index (χ3n) is 3.42. The van der Waals surface area contributed by atoms with Gasteiger partial charge in [0.1, 0.15) is 11.6 Å². The number of nitrogens with zero attached hydrogens (tertiary/aromatic N) is 1. The van der Waals surface area contributed by atoms with Gasteiger partial charge in [-0.15, -0.1) is 0 Å². The molecule has 1 amide bonds. The second kappa shape index (κ2) is 6.87. The van der Waals surface area contributed by atoms with Gasteiger partial charge >= 0.3 is 0 Å². The van der Waals surface area contributed by atoms with Crippen LogP contribution in [-0.2, 0) is 11.2 Å². The smallest absolute Gasteiger partial charge is 0.244 e. The Morgan fingerprint density at radius 2 is 1.96 bits per heavy atom. The van der Waals surface area contributed by atoms with Crippen molar-refractivity contribution >= 4 is 23.0 Å². The molecule has 0 saturated heterocycles. The second-order valence-electron chi connectivity index (χ2n) is 5.10. The number of H-pyrrole nitrogens is 1. The van der Waals surface area contributed by atoms with Crippen molar-refractivity contribution < 1.29 is 9.18 Å². The first-order valence-electron chi connectivity index (χ1n) is 7.36. The molecule has 116 valence electrons. The average molecular weight is 309 g/mol. The summed E-state index contributed by atoms with van der Waals surface area (Å²) in [4.78, 5) is 19.4. The molecule has 0 radical (unpaired) electrons. The zero-order valence-corrected chi connectivity index (χ0v) is 12.4. The Morgan fingerprint density at radius 1 is 1.17 bits per heavy atom. The van der Waals surface area contributed by atoms with Crippen LogP contribution in [0.5, 0.6) is 0 Å². The molecule has 0 fully saturated rings. The van der Waals surface area contributed by atoms with E-state index in [0.717, 1.165) is 16.9 Å². The van der Waals surface area contributed by atoms with Gasteiger partial charge in [0.25, 0.3) is 0 Å². The van der Waals surface area contributed by atoms with Crippen molar-refractivity contribution in [3.05, 3.63) is 71.8 Å². The lowest BCUT2D eigenvalue weighted by molar-refractivity contribution is -0.116. The molecule has 0 atom stereocenters. The molecule has 0 bridgehead atoms. The van der Waals surface area contributed by atoms with Crippen LogP contribution in [0.15, 0.2) is 54.6 Å². The average Bonchev–Trinajstić information content (AvgIpc) is 2.97. The normalized spacial score (nSPS) is 11.2. The number of rotatable bonds is 5. The van der Waals surface area contributed by atoms with Crippen LogP contribution in [0.3, 0.4) is 0 Å². The fraction of sp³-hybridized carbons (Fsp3) is 0.111. The fourth-order valence-corrected chi connectivity index (χ4v) is 2.26. The SMILES string of the molecule is O=C(/C=C/c1ccccc1F)NCCc1nc2ccccc2[nH]1. The maximum atomic E-state index is 13.4. The van der Waals surface area contributed by atoms with Gasteiger partial charge in [-0.1, -0.05) is 30.3 Å². The third kappa shape index (κ3) is 3.83. The minimum Gasteiger partial charge on any atom is -0.352 e. The van der Waals surface area contributed by atoms with E-state index in [9.17, 15) is 9.18 Å². The number of nitrogens with one attached hydrogen (secondary N) is 2.